The van der Waals surface area contributed by atoms with Crippen LogP contribution in [0.5, 0.6) is 0 Å². The summed E-state index contributed by atoms with van der Waals surface area (Å²) in [5.74, 6) is -1.21. The van der Waals surface area contributed by atoms with Crippen molar-refractivity contribution in [1.29, 1.82) is 0 Å². The number of aliphatic carboxylic acids is 1. The molecule has 0 fully saturated rings. The quantitative estimate of drug-likeness (QED) is 0.258. The van der Waals surface area contributed by atoms with Gasteiger partial charge in [-0.1, -0.05) is 44.0 Å². The summed E-state index contributed by atoms with van der Waals surface area (Å²) in [5, 5.41) is 12.4. The number of rotatable bonds is 14. The highest BCUT2D eigenvalue weighted by atomic mass is 32.2. The van der Waals surface area contributed by atoms with E-state index in [1.807, 2.05) is 36.5 Å². The molecule has 2 aromatic heterocycles. The fourth-order valence-electron chi connectivity index (χ4n) is 3.85. The Morgan fingerprint density at radius 3 is 2.51 bits per heavy atom. The molecule has 35 heavy (non-hydrogen) atoms. The van der Waals surface area contributed by atoms with E-state index in [0.717, 1.165) is 24.1 Å². The molecular weight excluding hydrogens is 464 g/mol. The Labute approximate surface area is 207 Å². The summed E-state index contributed by atoms with van der Waals surface area (Å²) in [4.78, 5) is 15.1. The van der Waals surface area contributed by atoms with Crippen LogP contribution in [0.2, 0.25) is 0 Å². The highest BCUT2D eigenvalue weighted by Gasteiger charge is 2.31. The number of aromatic nitrogens is 3. The van der Waals surface area contributed by atoms with Crippen LogP contribution in [-0.4, -0.2) is 45.1 Å². The molecule has 0 radical (unpaired) electrons. The molecule has 3 aromatic rings. The fraction of sp³-hybridized carbons (Fsp3) is 0.346. The van der Waals surface area contributed by atoms with Crippen molar-refractivity contribution in [2.24, 2.45) is 5.92 Å². The molecule has 1 aromatic carbocycles. The van der Waals surface area contributed by atoms with Gasteiger partial charge in [-0.3, -0.25) is 9.78 Å². The van der Waals surface area contributed by atoms with E-state index in [4.69, 9.17) is 5.11 Å². The lowest BCUT2D eigenvalue weighted by Gasteiger charge is -2.26. The van der Waals surface area contributed by atoms with Crippen molar-refractivity contribution < 1.29 is 18.3 Å². The number of carbonyl (C=O) groups is 1. The van der Waals surface area contributed by atoms with E-state index in [2.05, 4.69) is 16.7 Å². The third kappa shape index (κ3) is 7.10. The summed E-state index contributed by atoms with van der Waals surface area (Å²) in [6, 6.07) is 12.9. The highest BCUT2D eigenvalue weighted by Crippen LogP contribution is 2.28. The van der Waals surface area contributed by atoms with E-state index in [-0.39, 0.29) is 6.54 Å². The minimum Gasteiger partial charge on any atom is -0.481 e. The zero-order chi connectivity index (χ0) is 25.3. The minimum absolute atomic E-state index is 0.220. The van der Waals surface area contributed by atoms with Gasteiger partial charge in [-0.15, -0.1) is 6.58 Å². The zero-order valence-corrected chi connectivity index (χ0v) is 20.7. The third-order valence-electron chi connectivity index (χ3n) is 5.94. The van der Waals surface area contributed by atoms with Gasteiger partial charge in [0.2, 0.25) is 10.0 Å². The lowest BCUT2D eigenvalue weighted by molar-refractivity contribution is -0.141. The normalized spacial score (nSPS) is 13.4. The molecule has 8 nitrogen and oxygen atoms in total. The van der Waals surface area contributed by atoms with Crippen LogP contribution in [0.1, 0.15) is 49.0 Å². The van der Waals surface area contributed by atoms with Crippen molar-refractivity contribution >= 4 is 16.0 Å². The maximum atomic E-state index is 13.7. The predicted octanol–water partition coefficient (Wildman–Crippen LogP) is 4.61. The van der Waals surface area contributed by atoms with Gasteiger partial charge in [-0.25, -0.2) is 13.1 Å². The number of benzene rings is 1. The van der Waals surface area contributed by atoms with Gasteiger partial charge in [0, 0.05) is 37.9 Å². The van der Waals surface area contributed by atoms with Gasteiger partial charge >= 0.3 is 5.97 Å². The number of hydrogen-bond acceptors (Lipinski definition) is 5. The number of carboxylic acid groups (broad SMARTS) is 1. The fourth-order valence-corrected chi connectivity index (χ4v) is 5.61. The number of carboxylic acids is 1. The second kappa shape index (κ2) is 12.4. The monoisotopic (exact) mass is 496 g/mol. The van der Waals surface area contributed by atoms with Gasteiger partial charge in [-0.05, 0) is 48.2 Å². The summed E-state index contributed by atoms with van der Waals surface area (Å²) in [5.41, 5.74) is 2.31. The van der Waals surface area contributed by atoms with Crippen LogP contribution in [0.3, 0.4) is 0 Å². The largest absolute Gasteiger partial charge is 0.481 e. The van der Waals surface area contributed by atoms with Crippen molar-refractivity contribution in [2.75, 3.05) is 6.54 Å². The topological polar surface area (TPSA) is 105 Å². The van der Waals surface area contributed by atoms with Crippen molar-refractivity contribution in [3.8, 4) is 5.69 Å². The van der Waals surface area contributed by atoms with E-state index in [9.17, 15) is 13.2 Å². The Morgan fingerprint density at radius 1 is 1.14 bits per heavy atom. The molecule has 0 saturated heterocycles. The first kappa shape index (κ1) is 26.3. The van der Waals surface area contributed by atoms with Crippen LogP contribution < -0.4 is 0 Å². The summed E-state index contributed by atoms with van der Waals surface area (Å²) in [7, 11) is -3.77. The molecule has 186 valence electrons. The Balaban J connectivity index is 1.76. The van der Waals surface area contributed by atoms with Crippen molar-refractivity contribution in [1.82, 2.24) is 19.1 Å². The van der Waals surface area contributed by atoms with Gasteiger partial charge < -0.3 is 5.11 Å². The first-order valence-corrected chi connectivity index (χ1v) is 13.2. The minimum atomic E-state index is -3.77. The van der Waals surface area contributed by atoms with E-state index in [1.54, 1.807) is 42.3 Å². The summed E-state index contributed by atoms with van der Waals surface area (Å²) < 4.78 is 30.7. The summed E-state index contributed by atoms with van der Waals surface area (Å²) >= 11 is 0. The lowest BCUT2D eigenvalue weighted by atomic mass is 10.0. The first-order chi connectivity index (χ1) is 16.8. The summed E-state index contributed by atoms with van der Waals surface area (Å²) in [6.07, 6.45) is 10.8. The predicted molar refractivity (Wildman–Crippen MR) is 135 cm³/mol. The molecule has 2 unspecified atom stereocenters. The Bertz CT molecular complexity index is 1180. The second-order valence-corrected chi connectivity index (χ2v) is 10.6. The molecule has 0 saturated carbocycles. The Morgan fingerprint density at radius 2 is 1.91 bits per heavy atom. The molecule has 0 aliphatic rings. The van der Waals surface area contributed by atoms with E-state index in [1.165, 1.54) is 10.4 Å². The number of pyridine rings is 1. The molecular formula is C26H32N4O4S. The molecule has 0 aliphatic carbocycles. The van der Waals surface area contributed by atoms with Crippen LogP contribution >= 0.6 is 0 Å². The van der Waals surface area contributed by atoms with Gasteiger partial charge in [-0.2, -0.15) is 9.40 Å². The molecule has 0 aliphatic heterocycles. The Kier molecular flexibility index (Phi) is 9.33. The van der Waals surface area contributed by atoms with E-state index >= 15 is 0 Å². The first-order valence-electron chi connectivity index (χ1n) is 11.7. The van der Waals surface area contributed by atoms with Crippen LogP contribution in [0.15, 0.2) is 79.9 Å². The van der Waals surface area contributed by atoms with Crippen LogP contribution in [-0.2, 0) is 21.4 Å². The van der Waals surface area contributed by atoms with Gasteiger partial charge in [0.1, 0.15) is 5.25 Å². The average molecular weight is 497 g/mol. The zero-order valence-electron chi connectivity index (χ0n) is 19.9. The smallest absolute Gasteiger partial charge is 0.306 e. The van der Waals surface area contributed by atoms with Crippen LogP contribution in [0, 0.1) is 5.92 Å². The SMILES string of the molecule is C=CC(c1cccnc1)S(=O)(=O)N(CCCCCC(C)C(=O)O)Cc1ccc(-n2cccn2)cc1. The van der Waals surface area contributed by atoms with Crippen molar-refractivity contribution in [2.45, 2.75) is 44.4 Å². The molecule has 0 amide bonds. The molecule has 3 rings (SSSR count). The summed E-state index contributed by atoms with van der Waals surface area (Å²) in [6.45, 7) is 6.02. The van der Waals surface area contributed by atoms with Crippen LogP contribution in [0.25, 0.3) is 5.69 Å². The maximum Gasteiger partial charge on any atom is 0.306 e. The molecule has 9 heteroatoms. The van der Waals surface area contributed by atoms with Gasteiger partial charge in [0.15, 0.2) is 0 Å². The van der Waals surface area contributed by atoms with Gasteiger partial charge in [0.05, 0.1) is 11.6 Å². The average Bonchev–Trinajstić information content (AvgIpc) is 3.39. The number of sulfonamides is 1. The molecule has 2 atom stereocenters. The third-order valence-corrected chi connectivity index (χ3v) is 8.08. The second-order valence-electron chi connectivity index (χ2n) is 8.53. The Hall–Kier alpha value is -3.30. The maximum absolute atomic E-state index is 13.7. The van der Waals surface area contributed by atoms with E-state index in [0.29, 0.717) is 24.9 Å². The van der Waals surface area contributed by atoms with Crippen molar-refractivity contribution in [3.05, 3.63) is 91.0 Å². The number of hydrogen-bond donors (Lipinski definition) is 1. The van der Waals surface area contributed by atoms with Gasteiger partial charge in [0.25, 0.3) is 0 Å². The number of unbranched alkanes of at least 4 members (excludes halogenated alkanes) is 2. The standard InChI is InChI=1S/C26H32N4O4S/c1-3-25(23-10-7-15-27-19-23)35(33,34)29(17-6-4-5-9-21(2)26(31)32)20-22-11-13-24(14-12-22)30-18-8-16-28-30/h3,7-8,10-16,18-19,21,25H,1,4-6,9,17,20H2,2H3,(H,31,32). The molecule has 1 N–H and O–H groups in total. The lowest BCUT2D eigenvalue weighted by Crippen LogP contribution is -2.35. The molecule has 0 bridgehead atoms. The highest BCUT2D eigenvalue weighted by molar-refractivity contribution is 7.89. The number of nitrogens with zero attached hydrogens (tertiary/aromatic N) is 4. The van der Waals surface area contributed by atoms with Crippen LogP contribution in [0.4, 0.5) is 0 Å². The molecule has 2 heterocycles. The van der Waals surface area contributed by atoms with E-state index < -0.39 is 27.2 Å². The molecule has 0 spiro atoms. The van der Waals surface area contributed by atoms with Crippen molar-refractivity contribution in [3.63, 3.8) is 0 Å².